The molecule has 10 atom stereocenters. The molecule has 1 aromatic carbocycles. The van der Waals surface area contributed by atoms with Crippen LogP contribution in [-0.4, -0.2) is 121 Å². The van der Waals surface area contributed by atoms with Crippen molar-refractivity contribution in [3.63, 3.8) is 0 Å². The number of nitrogens with one attached hydrogen (secondary N) is 3. The van der Waals surface area contributed by atoms with Crippen molar-refractivity contribution in [2.24, 2.45) is 23.7 Å². The van der Waals surface area contributed by atoms with Gasteiger partial charge in [0, 0.05) is 51.9 Å². The third-order valence-electron chi connectivity index (χ3n) is 11.3. The average molecular weight is 787 g/mol. The van der Waals surface area contributed by atoms with Crippen LogP contribution in [0.5, 0.6) is 0 Å². The highest BCUT2D eigenvalue weighted by Crippen LogP contribution is 2.30. The number of benzene rings is 1. The van der Waals surface area contributed by atoms with E-state index in [0.29, 0.717) is 25.8 Å². The Kier molecular flexibility index (Phi) is 18.7. The standard InChI is InChI=1S/C41H66N6O7S/c1-11-26(4)36(46(8)41(52)35(27(5)24-48)45-39(51)34(42-7)25(2)3)32(53-9)23-33(49)47-20-15-18-31(47)37(54-10)28(6)38(50)44-30(40-43-19-21-55-40)22-29-16-13-12-14-17-29/h12-14,16-17,19,21,25-28,30-32,34-37,42,48H,11,15,18,20,22-24H2,1-10H3,(H,44,50)(H,45,51)/t26-,27?,28+,30-,31-,32+,34-,35-,36-,37+/m0/s1. The number of amides is 4. The summed E-state index contributed by atoms with van der Waals surface area (Å²) < 4.78 is 12.0. The fourth-order valence-electron chi connectivity index (χ4n) is 7.85. The molecule has 55 heavy (non-hydrogen) atoms. The molecule has 1 fully saturated rings. The molecular weight excluding hydrogens is 721 g/mol. The van der Waals surface area contributed by atoms with Crippen molar-refractivity contribution in [2.75, 3.05) is 41.5 Å². The molecular formula is C41H66N6O7S. The van der Waals surface area contributed by atoms with Gasteiger partial charge < -0.3 is 40.3 Å². The zero-order chi connectivity index (χ0) is 40.8. The second-order valence-corrected chi connectivity index (χ2v) is 16.3. The average Bonchev–Trinajstić information content (AvgIpc) is 3.90. The molecule has 0 spiro atoms. The number of aliphatic hydroxyl groups is 1. The lowest BCUT2D eigenvalue weighted by Crippen LogP contribution is -2.60. The minimum atomic E-state index is -0.988. The topological polar surface area (TPSA) is 162 Å². The lowest BCUT2D eigenvalue weighted by molar-refractivity contribution is -0.148. The van der Waals surface area contributed by atoms with Crippen molar-refractivity contribution >= 4 is 35.0 Å². The number of rotatable bonds is 22. The van der Waals surface area contributed by atoms with E-state index in [-0.39, 0.29) is 60.6 Å². The second-order valence-electron chi connectivity index (χ2n) is 15.4. The lowest BCUT2D eigenvalue weighted by atomic mass is 9.89. The van der Waals surface area contributed by atoms with E-state index in [1.54, 1.807) is 46.3 Å². The molecule has 0 saturated carbocycles. The van der Waals surface area contributed by atoms with Gasteiger partial charge in [0.1, 0.15) is 11.0 Å². The molecule has 4 N–H and O–H groups in total. The summed E-state index contributed by atoms with van der Waals surface area (Å²) in [6.45, 7) is 11.6. The maximum absolute atomic E-state index is 14.3. The van der Waals surface area contributed by atoms with Gasteiger partial charge in [-0.25, -0.2) is 4.98 Å². The van der Waals surface area contributed by atoms with Crippen molar-refractivity contribution in [2.45, 2.75) is 116 Å². The third kappa shape index (κ3) is 12.0. The Balaban J connectivity index is 1.80. The van der Waals surface area contributed by atoms with Gasteiger partial charge >= 0.3 is 0 Å². The van der Waals surface area contributed by atoms with Gasteiger partial charge in [0.05, 0.1) is 48.7 Å². The van der Waals surface area contributed by atoms with Gasteiger partial charge in [0.25, 0.3) is 0 Å². The second kappa shape index (κ2) is 22.3. The predicted octanol–water partition coefficient (Wildman–Crippen LogP) is 3.82. The first kappa shape index (κ1) is 46.0. The van der Waals surface area contributed by atoms with Crippen LogP contribution in [0.2, 0.25) is 0 Å². The van der Waals surface area contributed by atoms with E-state index in [2.05, 4.69) is 20.9 Å². The summed E-state index contributed by atoms with van der Waals surface area (Å²) in [6, 6.07) is 7.29. The van der Waals surface area contributed by atoms with Crippen LogP contribution in [0.25, 0.3) is 0 Å². The Labute approximate surface area is 332 Å². The van der Waals surface area contributed by atoms with Gasteiger partial charge in [-0.3, -0.25) is 19.2 Å². The number of nitrogens with zero attached hydrogens (tertiary/aromatic N) is 3. The van der Waals surface area contributed by atoms with Gasteiger partial charge in [-0.2, -0.15) is 0 Å². The van der Waals surface area contributed by atoms with Crippen LogP contribution in [0, 0.1) is 23.7 Å². The lowest BCUT2D eigenvalue weighted by Gasteiger charge is -2.41. The van der Waals surface area contributed by atoms with Crippen LogP contribution in [-0.2, 0) is 35.1 Å². The Morgan fingerprint density at radius 2 is 1.69 bits per heavy atom. The van der Waals surface area contributed by atoms with Crippen molar-refractivity contribution in [3.8, 4) is 0 Å². The number of likely N-dealkylation sites (tertiary alicyclic amines) is 1. The van der Waals surface area contributed by atoms with E-state index in [9.17, 15) is 24.3 Å². The first-order valence-electron chi connectivity index (χ1n) is 19.7. The van der Waals surface area contributed by atoms with E-state index in [0.717, 1.165) is 17.0 Å². The van der Waals surface area contributed by atoms with Crippen molar-refractivity contribution < 1.29 is 33.8 Å². The maximum Gasteiger partial charge on any atom is 0.245 e. The van der Waals surface area contributed by atoms with Gasteiger partial charge in [0.2, 0.25) is 23.6 Å². The van der Waals surface area contributed by atoms with E-state index < -0.39 is 42.2 Å². The highest BCUT2D eigenvalue weighted by Gasteiger charge is 2.43. The molecule has 308 valence electrons. The summed E-state index contributed by atoms with van der Waals surface area (Å²) >= 11 is 1.50. The van der Waals surface area contributed by atoms with Crippen LogP contribution in [0.1, 0.15) is 83.8 Å². The van der Waals surface area contributed by atoms with Crippen LogP contribution in [0.3, 0.4) is 0 Å². The molecule has 1 aliphatic heterocycles. The van der Waals surface area contributed by atoms with E-state index in [1.807, 2.05) is 75.2 Å². The number of aromatic nitrogens is 1. The van der Waals surface area contributed by atoms with E-state index in [4.69, 9.17) is 9.47 Å². The molecule has 0 aliphatic carbocycles. The molecule has 0 radical (unpaired) electrons. The SMILES string of the molecule is CC[C@H](C)[C@@H]([C@@H](CC(=O)N1CCC[C@H]1[C@H](OC)[C@@H](C)C(=O)N[C@@H](Cc1ccccc1)c1nccs1)OC)N(C)C(=O)[C@@H](NC(=O)[C@@H](NC)C(C)C)C(C)CO. The van der Waals surface area contributed by atoms with Crippen LogP contribution in [0.4, 0.5) is 0 Å². The van der Waals surface area contributed by atoms with Gasteiger partial charge in [-0.15, -0.1) is 11.3 Å². The molecule has 0 bridgehead atoms. The van der Waals surface area contributed by atoms with E-state index in [1.165, 1.54) is 11.3 Å². The molecule has 1 aliphatic rings. The Bertz CT molecular complexity index is 1480. The predicted molar refractivity (Wildman–Crippen MR) is 215 cm³/mol. The number of hydrogen-bond donors (Lipinski definition) is 4. The van der Waals surface area contributed by atoms with Gasteiger partial charge in [-0.1, -0.05) is 78.3 Å². The van der Waals surface area contributed by atoms with Crippen LogP contribution < -0.4 is 16.0 Å². The zero-order valence-electron chi connectivity index (χ0n) is 34.5. The molecule has 2 aromatic rings. The molecule has 1 saturated heterocycles. The van der Waals surface area contributed by atoms with Gasteiger partial charge in [0.15, 0.2) is 0 Å². The molecule has 2 heterocycles. The number of thiazole rings is 1. The minimum Gasteiger partial charge on any atom is -0.396 e. The smallest absolute Gasteiger partial charge is 0.245 e. The molecule has 3 rings (SSSR count). The molecule has 1 unspecified atom stereocenters. The first-order chi connectivity index (χ1) is 26.2. The minimum absolute atomic E-state index is 0.00158. The summed E-state index contributed by atoms with van der Waals surface area (Å²) in [7, 11) is 6.50. The fourth-order valence-corrected chi connectivity index (χ4v) is 8.54. The summed E-state index contributed by atoms with van der Waals surface area (Å²) in [5.41, 5.74) is 1.08. The number of likely N-dealkylation sites (N-methyl/N-ethyl adjacent to an activating group) is 2. The van der Waals surface area contributed by atoms with E-state index >= 15 is 0 Å². The number of carbonyl (C=O) groups is 4. The first-order valence-corrected chi connectivity index (χ1v) is 20.6. The number of aliphatic hydroxyl groups excluding tert-OH is 1. The Morgan fingerprint density at radius 1 is 1.00 bits per heavy atom. The van der Waals surface area contributed by atoms with Crippen molar-refractivity contribution in [1.82, 2.24) is 30.7 Å². The number of methoxy groups -OCH3 is 2. The molecule has 4 amide bonds. The largest absolute Gasteiger partial charge is 0.396 e. The summed E-state index contributed by atoms with van der Waals surface area (Å²) in [5, 5.41) is 21.9. The van der Waals surface area contributed by atoms with Crippen molar-refractivity contribution in [1.29, 1.82) is 0 Å². The highest BCUT2D eigenvalue weighted by molar-refractivity contribution is 7.09. The van der Waals surface area contributed by atoms with Crippen LogP contribution >= 0.6 is 11.3 Å². The summed E-state index contributed by atoms with van der Waals surface area (Å²) in [4.78, 5) is 63.5. The zero-order valence-corrected chi connectivity index (χ0v) is 35.3. The van der Waals surface area contributed by atoms with Crippen molar-refractivity contribution in [3.05, 3.63) is 52.5 Å². The summed E-state index contributed by atoms with van der Waals surface area (Å²) in [6.07, 6.45) is 3.24. The van der Waals surface area contributed by atoms with Crippen LogP contribution in [0.15, 0.2) is 41.9 Å². The monoisotopic (exact) mass is 786 g/mol. The number of carbonyl (C=O) groups excluding carboxylic acids is 4. The summed E-state index contributed by atoms with van der Waals surface area (Å²) in [5.74, 6) is -2.25. The highest BCUT2D eigenvalue weighted by atomic mass is 32.1. The molecule has 1 aromatic heterocycles. The third-order valence-corrected chi connectivity index (χ3v) is 12.2. The fraction of sp³-hybridized carbons (Fsp3) is 0.683. The maximum atomic E-state index is 14.3. The molecule has 14 heteroatoms. The Hall–Kier alpha value is -3.43. The Morgan fingerprint density at radius 3 is 2.24 bits per heavy atom. The van der Waals surface area contributed by atoms with Gasteiger partial charge in [-0.05, 0) is 43.7 Å². The number of hydrogen-bond acceptors (Lipinski definition) is 10. The molecule has 13 nitrogen and oxygen atoms in total. The normalized spacial score (nSPS) is 19.4. The number of ether oxygens (including phenoxy) is 2. The quantitative estimate of drug-likeness (QED) is 0.139.